The number of halogens is 1. The number of methoxy groups -OCH3 is 1. The topological polar surface area (TPSA) is 79.0 Å². The number of nitrogens with zero attached hydrogens (tertiary/aromatic N) is 2. The van der Waals surface area contributed by atoms with Crippen LogP contribution >= 0.6 is 11.6 Å². The van der Waals surface area contributed by atoms with Crippen LogP contribution < -0.4 is 15.0 Å². The first-order valence-electron chi connectivity index (χ1n) is 10.8. The predicted molar refractivity (Wildman–Crippen MR) is 131 cm³/mol. The Morgan fingerprint density at radius 1 is 1.00 bits per heavy atom. The first-order valence-corrected chi connectivity index (χ1v) is 11.2. The van der Waals surface area contributed by atoms with Crippen molar-refractivity contribution in [2.45, 2.75) is 18.9 Å². The lowest BCUT2D eigenvalue weighted by atomic mass is 10.1. The maximum absolute atomic E-state index is 13.3. The smallest absolute Gasteiger partial charge is 0.332 e. The van der Waals surface area contributed by atoms with Crippen LogP contribution in [-0.2, 0) is 16.0 Å². The molecule has 0 spiro atoms. The van der Waals surface area contributed by atoms with Crippen LogP contribution in [0.25, 0.3) is 0 Å². The van der Waals surface area contributed by atoms with Gasteiger partial charge in [0, 0.05) is 17.3 Å². The molecule has 0 radical (unpaired) electrons. The van der Waals surface area contributed by atoms with E-state index in [0.29, 0.717) is 35.1 Å². The van der Waals surface area contributed by atoms with Crippen molar-refractivity contribution >= 4 is 40.8 Å². The van der Waals surface area contributed by atoms with Crippen molar-refractivity contribution in [1.82, 2.24) is 4.90 Å². The summed E-state index contributed by atoms with van der Waals surface area (Å²) in [5.41, 5.74) is 1.99. The Labute approximate surface area is 202 Å². The Morgan fingerprint density at radius 2 is 1.74 bits per heavy atom. The summed E-state index contributed by atoms with van der Waals surface area (Å²) >= 11 is 6.09. The minimum Gasteiger partial charge on any atom is -0.497 e. The maximum atomic E-state index is 13.3. The van der Waals surface area contributed by atoms with Gasteiger partial charge in [-0.05, 0) is 54.4 Å². The highest BCUT2D eigenvalue weighted by Gasteiger charge is 2.46. The zero-order chi connectivity index (χ0) is 24.1. The zero-order valence-electron chi connectivity index (χ0n) is 18.6. The van der Waals surface area contributed by atoms with Gasteiger partial charge in [-0.1, -0.05) is 48.0 Å². The molecule has 174 valence electrons. The third kappa shape index (κ3) is 5.21. The van der Waals surface area contributed by atoms with Crippen molar-refractivity contribution in [3.05, 3.63) is 89.4 Å². The lowest BCUT2D eigenvalue weighted by Crippen LogP contribution is -2.39. The molecule has 8 heteroatoms. The Kier molecular flexibility index (Phi) is 7.13. The van der Waals surface area contributed by atoms with Gasteiger partial charge in [0.15, 0.2) is 0 Å². The molecule has 34 heavy (non-hydrogen) atoms. The summed E-state index contributed by atoms with van der Waals surface area (Å²) in [6.45, 7) is 0.298. The van der Waals surface area contributed by atoms with Gasteiger partial charge in [0.05, 0.1) is 19.2 Å². The highest BCUT2D eigenvalue weighted by Crippen LogP contribution is 2.29. The average molecular weight is 478 g/mol. The van der Waals surface area contributed by atoms with E-state index < -0.39 is 18.0 Å². The standard InChI is InChI=1S/C26H24ClN3O4/c1-34-22-12-10-20(11-13-22)28-24(31)17-23-25(32)30(21-9-5-8-19(27)16-21)26(33)29(23)15-14-18-6-3-2-4-7-18/h2-13,16,23H,14-15,17H2,1H3,(H,28,31)/t23-/m0/s1. The summed E-state index contributed by atoms with van der Waals surface area (Å²) in [4.78, 5) is 42.0. The van der Waals surface area contributed by atoms with Crippen molar-refractivity contribution in [3.8, 4) is 5.75 Å². The number of hydrogen-bond donors (Lipinski definition) is 1. The fourth-order valence-electron chi connectivity index (χ4n) is 3.90. The predicted octanol–water partition coefficient (Wildman–Crippen LogP) is 4.76. The minimum atomic E-state index is -0.923. The van der Waals surface area contributed by atoms with E-state index in [1.807, 2.05) is 30.3 Å². The van der Waals surface area contributed by atoms with Crippen molar-refractivity contribution in [3.63, 3.8) is 0 Å². The van der Waals surface area contributed by atoms with E-state index in [2.05, 4.69) is 5.32 Å². The molecule has 1 saturated heterocycles. The number of amides is 4. The molecule has 1 fully saturated rings. The van der Waals surface area contributed by atoms with Gasteiger partial charge in [0.2, 0.25) is 5.91 Å². The van der Waals surface area contributed by atoms with E-state index in [1.165, 1.54) is 4.90 Å². The van der Waals surface area contributed by atoms with Gasteiger partial charge >= 0.3 is 6.03 Å². The molecule has 0 unspecified atom stereocenters. The quantitative estimate of drug-likeness (QED) is 0.474. The van der Waals surface area contributed by atoms with Gasteiger partial charge in [0.25, 0.3) is 5.91 Å². The summed E-state index contributed by atoms with van der Waals surface area (Å²) < 4.78 is 5.13. The number of ether oxygens (including phenoxy) is 1. The second kappa shape index (κ2) is 10.4. The number of hydrogen-bond acceptors (Lipinski definition) is 4. The number of urea groups is 1. The first kappa shape index (κ1) is 23.3. The molecular formula is C26H24ClN3O4. The van der Waals surface area contributed by atoms with Crippen LogP contribution in [0.2, 0.25) is 5.02 Å². The summed E-state index contributed by atoms with van der Waals surface area (Å²) in [6, 6.07) is 21.7. The molecule has 1 N–H and O–H groups in total. The van der Waals surface area contributed by atoms with Crippen molar-refractivity contribution in [2.24, 2.45) is 0 Å². The van der Waals surface area contributed by atoms with E-state index >= 15 is 0 Å². The van der Waals surface area contributed by atoms with Gasteiger partial charge in [-0.2, -0.15) is 0 Å². The van der Waals surface area contributed by atoms with E-state index in [-0.39, 0.29) is 12.3 Å². The summed E-state index contributed by atoms with van der Waals surface area (Å²) in [5.74, 6) is -0.155. The Bertz CT molecular complexity index is 1180. The van der Waals surface area contributed by atoms with Crippen LogP contribution in [0.1, 0.15) is 12.0 Å². The summed E-state index contributed by atoms with van der Waals surface area (Å²) in [5, 5.41) is 3.20. The summed E-state index contributed by atoms with van der Waals surface area (Å²) in [6.07, 6.45) is 0.391. The maximum Gasteiger partial charge on any atom is 0.332 e. The molecule has 3 aromatic rings. The number of rotatable bonds is 8. The average Bonchev–Trinajstić information content (AvgIpc) is 3.07. The van der Waals surface area contributed by atoms with Crippen molar-refractivity contribution < 1.29 is 19.1 Å². The summed E-state index contributed by atoms with van der Waals surface area (Å²) in [7, 11) is 1.56. The van der Waals surface area contributed by atoms with E-state index in [1.54, 1.807) is 55.6 Å². The molecule has 0 aliphatic carbocycles. The van der Waals surface area contributed by atoms with Gasteiger partial charge in [-0.15, -0.1) is 0 Å². The molecule has 4 rings (SSSR count). The fourth-order valence-corrected chi connectivity index (χ4v) is 4.08. The van der Waals surface area contributed by atoms with Crippen LogP contribution in [-0.4, -0.2) is 42.4 Å². The first-order chi connectivity index (χ1) is 16.5. The molecular weight excluding hydrogens is 454 g/mol. The normalized spacial score (nSPS) is 15.5. The molecule has 0 aromatic heterocycles. The fraction of sp³-hybridized carbons (Fsp3) is 0.192. The van der Waals surface area contributed by atoms with E-state index in [0.717, 1.165) is 10.5 Å². The van der Waals surface area contributed by atoms with Gasteiger partial charge in [-0.3, -0.25) is 9.59 Å². The molecule has 0 saturated carbocycles. The second-order valence-corrected chi connectivity index (χ2v) is 8.30. The largest absolute Gasteiger partial charge is 0.497 e. The number of carbonyl (C=O) groups is 3. The molecule has 7 nitrogen and oxygen atoms in total. The number of imide groups is 1. The van der Waals surface area contributed by atoms with Crippen molar-refractivity contribution in [1.29, 1.82) is 0 Å². The number of carbonyl (C=O) groups excluding carboxylic acids is 3. The van der Waals surface area contributed by atoms with Crippen LogP contribution in [0.4, 0.5) is 16.2 Å². The molecule has 4 amide bonds. The highest BCUT2D eigenvalue weighted by molar-refractivity contribution is 6.31. The van der Waals surface area contributed by atoms with E-state index in [4.69, 9.17) is 16.3 Å². The lowest BCUT2D eigenvalue weighted by molar-refractivity contribution is -0.124. The van der Waals surface area contributed by atoms with Gasteiger partial charge in [0.1, 0.15) is 11.8 Å². The highest BCUT2D eigenvalue weighted by atomic mass is 35.5. The van der Waals surface area contributed by atoms with Crippen LogP contribution in [0.3, 0.4) is 0 Å². The molecule has 1 aliphatic heterocycles. The van der Waals surface area contributed by atoms with Crippen LogP contribution in [0.15, 0.2) is 78.9 Å². The van der Waals surface area contributed by atoms with Crippen molar-refractivity contribution in [2.75, 3.05) is 23.9 Å². The van der Waals surface area contributed by atoms with Gasteiger partial charge < -0.3 is 15.0 Å². The third-order valence-electron chi connectivity index (χ3n) is 5.62. The second-order valence-electron chi connectivity index (χ2n) is 7.86. The lowest BCUT2D eigenvalue weighted by Gasteiger charge is -2.21. The molecule has 1 aliphatic rings. The minimum absolute atomic E-state index is 0.164. The Balaban J connectivity index is 1.54. The Hall–Kier alpha value is -3.84. The number of nitrogens with one attached hydrogen (secondary N) is 1. The number of anilines is 2. The monoisotopic (exact) mass is 477 g/mol. The molecule has 3 aromatic carbocycles. The molecule has 1 atom stereocenters. The SMILES string of the molecule is COc1ccc(NC(=O)C[C@H]2C(=O)N(c3cccc(Cl)c3)C(=O)N2CCc2ccccc2)cc1. The third-order valence-corrected chi connectivity index (χ3v) is 5.86. The zero-order valence-corrected chi connectivity index (χ0v) is 19.4. The number of benzene rings is 3. The van der Waals surface area contributed by atoms with Crippen LogP contribution in [0.5, 0.6) is 5.75 Å². The Morgan fingerprint density at radius 3 is 2.41 bits per heavy atom. The van der Waals surface area contributed by atoms with Crippen LogP contribution in [0, 0.1) is 0 Å². The molecule has 1 heterocycles. The van der Waals surface area contributed by atoms with Gasteiger partial charge in [-0.25, -0.2) is 9.69 Å². The molecule has 0 bridgehead atoms. The van der Waals surface area contributed by atoms with E-state index in [9.17, 15) is 14.4 Å².